The Bertz CT molecular complexity index is 1070. The summed E-state index contributed by atoms with van der Waals surface area (Å²) in [6, 6.07) is 9.08. The number of hydrogen-bond donors (Lipinski definition) is 0. The Morgan fingerprint density at radius 3 is 2.47 bits per heavy atom. The van der Waals surface area contributed by atoms with E-state index in [4.69, 9.17) is 9.47 Å². The van der Waals surface area contributed by atoms with E-state index >= 15 is 0 Å². The highest BCUT2D eigenvalue weighted by atomic mass is 32.2. The predicted molar refractivity (Wildman–Crippen MR) is 138 cm³/mol. The highest BCUT2D eigenvalue weighted by Crippen LogP contribution is 2.23. The van der Waals surface area contributed by atoms with E-state index in [0.29, 0.717) is 50.6 Å². The number of hydrogen-bond acceptors (Lipinski definition) is 7. The molecule has 2 heterocycles. The van der Waals surface area contributed by atoms with Crippen molar-refractivity contribution in [3.63, 3.8) is 0 Å². The second kappa shape index (κ2) is 12.8. The third-order valence-electron chi connectivity index (χ3n) is 6.08. The Morgan fingerprint density at radius 1 is 1.14 bits per heavy atom. The zero-order valence-corrected chi connectivity index (χ0v) is 22.8. The molecule has 0 radical (unpaired) electrons. The largest absolute Gasteiger partial charge is 0.383 e. The number of morpholine rings is 1. The van der Waals surface area contributed by atoms with Gasteiger partial charge in [0.15, 0.2) is 0 Å². The number of carbonyl (C=O) groups is 1. The topological polar surface area (TPSA) is 94.0 Å². The second-order valence-corrected chi connectivity index (χ2v) is 12.3. The van der Waals surface area contributed by atoms with Gasteiger partial charge in [0.2, 0.25) is 20.9 Å². The highest BCUT2D eigenvalue weighted by molar-refractivity contribution is 7.90. The lowest BCUT2D eigenvalue weighted by Gasteiger charge is -2.31. The number of rotatable bonds is 12. The van der Waals surface area contributed by atoms with Gasteiger partial charge in [0.1, 0.15) is 0 Å². The fourth-order valence-electron chi connectivity index (χ4n) is 4.19. The van der Waals surface area contributed by atoms with E-state index in [-0.39, 0.29) is 28.8 Å². The van der Waals surface area contributed by atoms with Crippen molar-refractivity contribution in [1.29, 1.82) is 0 Å². The molecule has 1 aliphatic heterocycles. The Morgan fingerprint density at radius 2 is 1.83 bits per heavy atom. The number of nitrogens with zero attached hydrogens (tertiary/aromatic N) is 4. The molecule has 1 aliphatic rings. The SMILES string of the molecule is COCCn1c(CN(CCN2CCOCC2)C(=O)CC(C)(C)C)cnc1S(=O)(=O)Cc1ccccc1. The fraction of sp³-hybridized carbons (Fsp3) is 0.615. The van der Waals surface area contributed by atoms with Gasteiger partial charge in [-0.2, -0.15) is 0 Å². The normalized spacial score (nSPS) is 15.2. The lowest BCUT2D eigenvalue weighted by molar-refractivity contribution is -0.134. The number of aromatic nitrogens is 2. The number of imidazole rings is 1. The van der Waals surface area contributed by atoms with Crippen LogP contribution in [0.3, 0.4) is 0 Å². The minimum Gasteiger partial charge on any atom is -0.383 e. The lowest BCUT2D eigenvalue weighted by Crippen LogP contribution is -2.43. The molecule has 2 aromatic rings. The fourth-order valence-corrected chi connectivity index (χ4v) is 5.70. The van der Waals surface area contributed by atoms with Gasteiger partial charge >= 0.3 is 0 Å². The molecule has 36 heavy (non-hydrogen) atoms. The number of ether oxygens (including phenoxy) is 2. The van der Waals surface area contributed by atoms with Crippen molar-refractivity contribution in [2.75, 3.05) is 53.1 Å². The average molecular weight is 521 g/mol. The molecule has 10 heteroatoms. The van der Waals surface area contributed by atoms with Gasteiger partial charge in [0, 0.05) is 46.3 Å². The molecule has 0 spiro atoms. The van der Waals surface area contributed by atoms with Crippen LogP contribution in [0.5, 0.6) is 0 Å². The Labute approximate surface area is 215 Å². The zero-order chi connectivity index (χ0) is 26.2. The molecule has 1 amide bonds. The van der Waals surface area contributed by atoms with Gasteiger partial charge in [-0.1, -0.05) is 51.1 Å². The summed E-state index contributed by atoms with van der Waals surface area (Å²) in [4.78, 5) is 21.8. The van der Waals surface area contributed by atoms with Crippen LogP contribution < -0.4 is 0 Å². The van der Waals surface area contributed by atoms with Crippen LogP contribution in [-0.2, 0) is 42.9 Å². The molecule has 3 rings (SSSR count). The first-order valence-electron chi connectivity index (χ1n) is 12.5. The maximum absolute atomic E-state index is 13.3. The van der Waals surface area contributed by atoms with Crippen molar-refractivity contribution in [2.45, 2.75) is 51.2 Å². The summed E-state index contributed by atoms with van der Waals surface area (Å²) in [5.74, 6) is -0.0926. The van der Waals surface area contributed by atoms with Crippen LogP contribution in [0.2, 0.25) is 0 Å². The first-order valence-corrected chi connectivity index (χ1v) is 14.1. The molecular formula is C26H40N4O5S. The Hall–Kier alpha value is -2.27. The second-order valence-electron chi connectivity index (χ2n) is 10.4. The van der Waals surface area contributed by atoms with E-state index in [1.165, 1.54) is 0 Å². The minimum absolute atomic E-state index is 0.00908. The molecule has 0 unspecified atom stereocenters. The van der Waals surface area contributed by atoms with E-state index in [2.05, 4.69) is 9.88 Å². The van der Waals surface area contributed by atoms with Crippen molar-refractivity contribution >= 4 is 15.7 Å². The first kappa shape index (κ1) is 28.3. The molecule has 1 fully saturated rings. The molecule has 1 saturated heterocycles. The number of benzene rings is 1. The van der Waals surface area contributed by atoms with Crippen molar-refractivity contribution in [3.05, 3.63) is 47.8 Å². The maximum atomic E-state index is 13.3. The summed E-state index contributed by atoms with van der Waals surface area (Å²) >= 11 is 0. The summed E-state index contributed by atoms with van der Waals surface area (Å²) in [6.07, 6.45) is 1.99. The average Bonchev–Trinajstić information content (AvgIpc) is 3.23. The number of methoxy groups -OCH3 is 1. The van der Waals surface area contributed by atoms with Crippen LogP contribution in [0.1, 0.15) is 38.4 Å². The molecule has 0 N–H and O–H groups in total. The maximum Gasteiger partial charge on any atom is 0.228 e. The van der Waals surface area contributed by atoms with Crippen molar-refractivity contribution in [1.82, 2.24) is 19.4 Å². The van der Waals surface area contributed by atoms with Gasteiger partial charge < -0.3 is 18.9 Å². The van der Waals surface area contributed by atoms with Crippen LogP contribution >= 0.6 is 0 Å². The van der Waals surface area contributed by atoms with Crippen LogP contribution in [-0.4, -0.2) is 86.8 Å². The van der Waals surface area contributed by atoms with Crippen molar-refractivity contribution < 1.29 is 22.7 Å². The number of sulfone groups is 1. The summed E-state index contributed by atoms with van der Waals surface area (Å²) in [7, 11) is -2.12. The van der Waals surface area contributed by atoms with Gasteiger partial charge in [-0.3, -0.25) is 9.69 Å². The number of carbonyl (C=O) groups excluding carboxylic acids is 1. The molecule has 200 valence electrons. The quantitative estimate of drug-likeness (QED) is 0.425. The number of amides is 1. The Balaban J connectivity index is 1.85. The summed E-state index contributed by atoms with van der Waals surface area (Å²) < 4.78 is 39.0. The summed E-state index contributed by atoms with van der Waals surface area (Å²) in [6.45, 7) is 11.5. The third kappa shape index (κ3) is 8.40. The minimum atomic E-state index is -3.70. The zero-order valence-electron chi connectivity index (χ0n) is 22.0. The standard InChI is InChI=1S/C26H40N4O5S/c1-26(2,3)18-24(31)29(11-10-28-12-16-35-17-13-28)20-23-19-27-25(30(23)14-15-34-4)36(32,33)21-22-8-6-5-7-9-22/h5-9,19H,10-18,20-21H2,1-4H3. The van der Waals surface area contributed by atoms with Gasteiger partial charge in [0.05, 0.1) is 44.0 Å². The van der Waals surface area contributed by atoms with Gasteiger partial charge in [-0.05, 0) is 11.0 Å². The van der Waals surface area contributed by atoms with Crippen LogP contribution in [0.4, 0.5) is 0 Å². The van der Waals surface area contributed by atoms with Gasteiger partial charge in [-0.15, -0.1) is 0 Å². The van der Waals surface area contributed by atoms with E-state index < -0.39 is 9.84 Å². The molecule has 0 atom stereocenters. The molecule has 9 nitrogen and oxygen atoms in total. The van der Waals surface area contributed by atoms with Gasteiger partial charge in [-0.25, -0.2) is 13.4 Å². The van der Waals surface area contributed by atoms with Crippen molar-refractivity contribution in [3.8, 4) is 0 Å². The molecule has 0 aliphatic carbocycles. The monoisotopic (exact) mass is 520 g/mol. The molecular weight excluding hydrogens is 480 g/mol. The smallest absolute Gasteiger partial charge is 0.228 e. The molecule has 0 saturated carbocycles. The molecule has 0 bridgehead atoms. The van der Waals surface area contributed by atoms with E-state index in [1.807, 2.05) is 43.9 Å². The third-order valence-corrected chi connectivity index (χ3v) is 7.67. The Kier molecular flexibility index (Phi) is 10.1. The van der Waals surface area contributed by atoms with E-state index in [0.717, 1.165) is 19.6 Å². The van der Waals surface area contributed by atoms with Gasteiger partial charge in [0.25, 0.3) is 0 Å². The van der Waals surface area contributed by atoms with E-state index in [9.17, 15) is 13.2 Å². The predicted octanol–water partition coefficient (Wildman–Crippen LogP) is 2.60. The molecule has 1 aromatic carbocycles. The van der Waals surface area contributed by atoms with E-state index in [1.54, 1.807) is 30.0 Å². The van der Waals surface area contributed by atoms with Crippen LogP contribution in [0, 0.1) is 5.41 Å². The molecule has 1 aromatic heterocycles. The van der Waals surface area contributed by atoms with Crippen LogP contribution in [0.15, 0.2) is 41.7 Å². The summed E-state index contributed by atoms with van der Waals surface area (Å²) in [5.41, 5.74) is 1.23. The summed E-state index contributed by atoms with van der Waals surface area (Å²) in [5, 5.41) is 0.00908. The first-order chi connectivity index (χ1) is 17.1. The van der Waals surface area contributed by atoms with Crippen LogP contribution in [0.25, 0.3) is 0 Å². The lowest BCUT2D eigenvalue weighted by atomic mass is 9.91. The van der Waals surface area contributed by atoms with Crippen molar-refractivity contribution in [2.24, 2.45) is 5.41 Å². The highest BCUT2D eigenvalue weighted by Gasteiger charge is 2.27.